The average Bonchev–Trinajstić information content (AvgIpc) is 2.85. The molecule has 9 heteroatoms. The molecule has 2 aromatic carbocycles. The van der Waals surface area contributed by atoms with Crippen molar-refractivity contribution in [1.29, 1.82) is 0 Å². The first-order chi connectivity index (χ1) is 17.4. The van der Waals surface area contributed by atoms with Crippen LogP contribution in [0.2, 0.25) is 5.02 Å². The van der Waals surface area contributed by atoms with Crippen LogP contribution < -0.4 is 5.32 Å². The highest BCUT2D eigenvalue weighted by Gasteiger charge is 2.35. The van der Waals surface area contributed by atoms with Crippen LogP contribution in [0.25, 0.3) is 0 Å². The third-order valence-electron chi connectivity index (χ3n) is 5.61. The molecule has 0 radical (unpaired) electrons. The molecule has 3 rings (SSSR count). The Hall–Kier alpha value is -2.84. The number of hydrogen-bond donors (Lipinski definition) is 1. The van der Waals surface area contributed by atoms with Crippen LogP contribution in [-0.4, -0.2) is 46.3 Å². The molecule has 0 saturated carbocycles. The lowest BCUT2D eigenvalue weighted by Gasteiger charge is -2.32. The predicted molar refractivity (Wildman–Crippen MR) is 146 cm³/mol. The molecule has 7 nitrogen and oxygen atoms in total. The lowest BCUT2D eigenvalue weighted by Crippen LogP contribution is -2.45. The van der Waals surface area contributed by atoms with E-state index in [9.17, 15) is 14.4 Å². The SMILES string of the molecule is CCCCCCCN1C(=O)CC(C(=O)Nc2ccc(C(=O)OCC)cc2)SC1=Nc1cccc(Cl)c1. The first-order valence-electron chi connectivity index (χ1n) is 12.3. The number of aliphatic imine (C=N–C) groups is 1. The van der Waals surface area contributed by atoms with Crippen LogP contribution in [0.4, 0.5) is 11.4 Å². The standard InChI is InChI=1S/C27H32ClN3O4S/c1-3-5-6-7-8-16-31-24(32)18-23(36-27(31)30-22-11-9-10-20(28)17-22)25(33)29-21-14-12-19(13-15-21)26(34)35-4-2/h9-15,17,23H,3-8,16,18H2,1-2H3,(H,29,33). The second-order valence-electron chi connectivity index (χ2n) is 8.43. The molecule has 1 atom stereocenters. The zero-order valence-electron chi connectivity index (χ0n) is 20.7. The third-order valence-corrected chi connectivity index (χ3v) is 7.04. The molecule has 1 heterocycles. The van der Waals surface area contributed by atoms with Gasteiger partial charge in [0.15, 0.2) is 5.17 Å². The number of amidine groups is 1. The Bertz CT molecular complexity index is 1090. The van der Waals surface area contributed by atoms with E-state index in [1.165, 1.54) is 18.2 Å². The first kappa shape index (κ1) is 27.7. The van der Waals surface area contributed by atoms with Crippen molar-refractivity contribution in [1.82, 2.24) is 4.90 Å². The van der Waals surface area contributed by atoms with Gasteiger partial charge in [0, 0.05) is 23.7 Å². The minimum atomic E-state index is -0.628. The van der Waals surface area contributed by atoms with Crippen molar-refractivity contribution in [3.05, 3.63) is 59.1 Å². The number of hydrogen-bond acceptors (Lipinski definition) is 6. The topological polar surface area (TPSA) is 88.1 Å². The van der Waals surface area contributed by atoms with Gasteiger partial charge in [0.05, 0.1) is 17.9 Å². The van der Waals surface area contributed by atoms with E-state index >= 15 is 0 Å². The zero-order chi connectivity index (χ0) is 25.9. The summed E-state index contributed by atoms with van der Waals surface area (Å²) in [6.07, 6.45) is 5.47. The number of rotatable bonds is 11. The fraction of sp³-hybridized carbons (Fsp3) is 0.407. The van der Waals surface area contributed by atoms with Gasteiger partial charge in [0.25, 0.3) is 0 Å². The Morgan fingerprint density at radius 2 is 1.86 bits per heavy atom. The largest absolute Gasteiger partial charge is 0.462 e. The van der Waals surface area contributed by atoms with Crippen LogP contribution in [0.15, 0.2) is 53.5 Å². The average molecular weight is 530 g/mol. The molecule has 192 valence electrons. The second kappa shape index (κ2) is 14.0. The number of nitrogens with one attached hydrogen (secondary N) is 1. The van der Waals surface area contributed by atoms with Gasteiger partial charge < -0.3 is 10.1 Å². The van der Waals surface area contributed by atoms with Gasteiger partial charge in [-0.1, -0.05) is 62.0 Å². The monoisotopic (exact) mass is 529 g/mol. The smallest absolute Gasteiger partial charge is 0.338 e. The number of thioether (sulfide) groups is 1. The number of nitrogens with zero attached hydrogens (tertiary/aromatic N) is 2. The molecule has 1 aliphatic heterocycles. The number of ether oxygens (including phenoxy) is 1. The first-order valence-corrected chi connectivity index (χ1v) is 13.6. The summed E-state index contributed by atoms with van der Waals surface area (Å²) in [5, 5.41) is 3.27. The van der Waals surface area contributed by atoms with Gasteiger partial charge in [-0.05, 0) is 55.8 Å². The summed E-state index contributed by atoms with van der Waals surface area (Å²) in [4.78, 5) is 44.4. The molecule has 1 fully saturated rings. The molecule has 1 unspecified atom stereocenters. The van der Waals surface area contributed by atoms with E-state index in [4.69, 9.17) is 16.3 Å². The molecule has 0 aromatic heterocycles. The number of anilines is 1. The molecule has 2 aromatic rings. The summed E-state index contributed by atoms with van der Waals surface area (Å²) in [7, 11) is 0. The number of carbonyl (C=O) groups is 3. The van der Waals surface area contributed by atoms with Gasteiger partial charge >= 0.3 is 5.97 Å². The lowest BCUT2D eigenvalue weighted by atomic mass is 10.1. The van der Waals surface area contributed by atoms with Crippen LogP contribution >= 0.6 is 23.4 Å². The van der Waals surface area contributed by atoms with Crippen molar-refractivity contribution >= 4 is 57.7 Å². The number of amides is 2. The van der Waals surface area contributed by atoms with Crippen molar-refractivity contribution < 1.29 is 19.1 Å². The van der Waals surface area contributed by atoms with Gasteiger partial charge in [-0.15, -0.1) is 0 Å². The van der Waals surface area contributed by atoms with E-state index in [-0.39, 0.29) is 18.2 Å². The van der Waals surface area contributed by atoms with E-state index in [0.717, 1.165) is 25.7 Å². The molecular formula is C27H32ClN3O4S. The number of carbonyl (C=O) groups excluding carboxylic acids is 3. The molecule has 1 N–H and O–H groups in total. The maximum Gasteiger partial charge on any atom is 0.338 e. The van der Waals surface area contributed by atoms with E-state index in [0.29, 0.717) is 40.3 Å². The summed E-state index contributed by atoms with van der Waals surface area (Å²) in [5.41, 5.74) is 1.57. The summed E-state index contributed by atoms with van der Waals surface area (Å²) < 4.78 is 4.99. The maximum atomic E-state index is 13.1. The summed E-state index contributed by atoms with van der Waals surface area (Å²) >= 11 is 7.41. The molecular weight excluding hydrogens is 498 g/mol. The molecule has 2 amide bonds. The third kappa shape index (κ3) is 8.10. The molecule has 1 saturated heterocycles. The van der Waals surface area contributed by atoms with Crippen molar-refractivity contribution in [3.63, 3.8) is 0 Å². The minimum absolute atomic E-state index is 0.0843. The summed E-state index contributed by atoms with van der Waals surface area (Å²) in [5.74, 6) is -0.832. The second-order valence-corrected chi connectivity index (χ2v) is 10.0. The summed E-state index contributed by atoms with van der Waals surface area (Å²) in [6.45, 7) is 4.77. The molecule has 0 bridgehead atoms. The molecule has 1 aliphatic rings. The Morgan fingerprint density at radius 1 is 1.11 bits per heavy atom. The van der Waals surface area contributed by atoms with Gasteiger partial charge in [-0.25, -0.2) is 9.79 Å². The van der Waals surface area contributed by atoms with Crippen LogP contribution in [-0.2, 0) is 14.3 Å². The number of benzene rings is 2. The Balaban J connectivity index is 1.72. The number of halogens is 1. The van der Waals surface area contributed by atoms with Crippen LogP contribution in [0.1, 0.15) is 62.7 Å². The van der Waals surface area contributed by atoms with Crippen LogP contribution in [0.5, 0.6) is 0 Å². The van der Waals surface area contributed by atoms with Crippen molar-refractivity contribution in [2.24, 2.45) is 4.99 Å². The fourth-order valence-corrected chi connectivity index (χ4v) is 5.03. The quantitative estimate of drug-likeness (QED) is 0.267. The summed E-state index contributed by atoms with van der Waals surface area (Å²) in [6, 6.07) is 13.6. The maximum absolute atomic E-state index is 13.1. The van der Waals surface area contributed by atoms with E-state index < -0.39 is 11.2 Å². The fourth-order valence-electron chi connectivity index (χ4n) is 3.72. The Morgan fingerprint density at radius 3 is 2.56 bits per heavy atom. The normalized spacial score (nSPS) is 16.8. The lowest BCUT2D eigenvalue weighted by molar-refractivity contribution is -0.129. The number of esters is 1. The van der Waals surface area contributed by atoms with E-state index in [1.807, 2.05) is 6.07 Å². The van der Waals surface area contributed by atoms with E-state index in [2.05, 4.69) is 17.2 Å². The van der Waals surface area contributed by atoms with Gasteiger partial charge in [-0.3, -0.25) is 14.5 Å². The van der Waals surface area contributed by atoms with E-state index in [1.54, 1.807) is 54.3 Å². The minimum Gasteiger partial charge on any atom is -0.462 e. The van der Waals surface area contributed by atoms with Crippen LogP contribution in [0, 0.1) is 0 Å². The molecule has 0 spiro atoms. The highest BCUT2D eigenvalue weighted by molar-refractivity contribution is 8.15. The van der Waals surface area contributed by atoms with Gasteiger partial charge in [0.1, 0.15) is 5.25 Å². The highest BCUT2D eigenvalue weighted by atomic mass is 35.5. The van der Waals surface area contributed by atoms with Crippen molar-refractivity contribution in [2.45, 2.75) is 57.6 Å². The van der Waals surface area contributed by atoms with Gasteiger partial charge in [-0.2, -0.15) is 0 Å². The highest BCUT2D eigenvalue weighted by Crippen LogP contribution is 2.31. The predicted octanol–water partition coefficient (Wildman–Crippen LogP) is 6.45. The Kier molecular flexibility index (Phi) is 10.8. The van der Waals surface area contributed by atoms with Crippen LogP contribution in [0.3, 0.4) is 0 Å². The number of unbranched alkanes of at least 4 members (excludes halogenated alkanes) is 4. The van der Waals surface area contributed by atoms with Crippen molar-refractivity contribution in [2.75, 3.05) is 18.5 Å². The zero-order valence-corrected chi connectivity index (χ0v) is 22.2. The Labute approximate surface area is 221 Å². The van der Waals surface area contributed by atoms with Crippen molar-refractivity contribution in [3.8, 4) is 0 Å². The molecule has 36 heavy (non-hydrogen) atoms. The van der Waals surface area contributed by atoms with Gasteiger partial charge in [0.2, 0.25) is 11.8 Å². The molecule has 0 aliphatic carbocycles.